The molecule has 0 aromatic rings. The zero-order chi connectivity index (χ0) is 7.15. The van der Waals surface area contributed by atoms with Crippen molar-refractivity contribution in [3.63, 3.8) is 0 Å². The van der Waals surface area contributed by atoms with E-state index in [9.17, 15) is 0 Å². The number of aliphatic carboxylic acids is 1. The van der Waals surface area contributed by atoms with Gasteiger partial charge in [0.2, 0.25) is 0 Å². The van der Waals surface area contributed by atoms with E-state index >= 15 is 0 Å². The molecule has 0 heterocycles. The molecule has 1 N–H and O–H groups in total. The van der Waals surface area contributed by atoms with Crippen molar-refractivity contribution in [2.75, 3.05) is 7.05 Å². The Balaban J connectivity index is -0.0000000300. The van der Waals surface area contributed by atoms with E-state index in [1.807, 2.05) is 9.76 Å². The molecule has 0 unspecified atom stereocenters. The van der Waals surface area contributed by atoms with Crippen LogP contribution in [0.4, 0.5) is 0 Å². The van der Waals surface area contributed by atoms with Crippen LogP contribution in [0.1, 0.15) is 0 Å². The Morgan fingerprint density at radius 3 is 1.70 bits per heavy atom. The van der Waals surface area contributed by atoms with Gasteiger partial charge in [0.25, 0.3) is 0 Å². The van der Waals surface area contributed by atoms with E-state index in [4.69, 9.17) is 9.90 Å². The Kier molecular flexibility index (Phi) is 37.0. The summed E-state index contributed by atoms with van der Waals surface area (Å²) in [5, 5.41) is 7.31. The van der Waals surface area contributed by atoms with Gasteiger partial charge in [0.05, 0.1) is 0 Å². The average Bonchev–Trinajstić information content (AvgIpc) is 1.25. The first-order valence-electron chi connectivity index (χ1n) is 1.77. The topological polar surface area (TPSA) is 40.5 Å². The Hall–Kier alpha value is 0.910. The fourth-order valence-corrected chi connectivity index (χ4v) is 0. The number of rotatable bonds is 0. The van der Waals surface area contributed by atoms with Gasteiger partial charge in [-0.1, -0.05) is 0 Å². The normalized spacial score (nSPS) is 6.00. The van der Waals surface area contributed by atoms with Gasteiger partial charge in [-0.3, -0.25) is 11.7 Å². The van der Waals surface area contributed by atoms with Gasteiger partial charge in [-0.15, -0.1) is 0 Å². The first-order valence-corrected chi connectivity index (χ1v) is 3.51. The molecule has 0 aliphatic heterocycles. The summed E-state index contributed by atoms with van der Waals surface area (Å²) in [5.74, 6) is -1.08. The van der Waals surface area contributed by atoms with Gasteiger partial charge >= 0.3 is 42.9 Å². The van der Waals surface area contributed by atoms with Crippen molar-refractivity contribution in [3.05, 3.63) is 21.4 Å². The van der Waals surface area contributed by atoms with Crippen LogP contribution in [-0.2, 0) is 25.9 Å². The average molecular weight is 508 g/mol. The fourth-order valence-electron chi connectivity index (χ4n) is 0. The monoisotopic (exact) mass is 509 g/mol. The summed E-state index contributed by atoms with van der Waals surface area (Å²) < 4.78 is 1.89. The first-order chi connectivity index (χ1) is 3.46. The van der Waals surface area contributed by atoms with Crippen molar-refractivity contribution in [3.8, 4) is 0 Å². The predicted octanol–water partition coefficient (Wildman–Crippen LogP) is 0.146. The SMILES string of the molecule is [CH2-]C(=O)O.[CH2-][N](C)[Pb].[CH3-].[W]. The molecular weight excluding hydrogens is 497 g/mol. The van der Waals surface area contributed by atoms with E-state index in [-0.39, 0.29) is 28.5 Å². The molecule has 0 saturated carbocycles. The maximum Gasteiger partial charge on any atom is 0 e. The second-order valence-corrected chi connectivity index (χ2v) is 4.06. The van der Waals surface area contributed by atoms with Crippen molar-refractivity contribution >= 4 is 32.0 Å². The summed E-state index contributed by atoms with van der Waals surface area (Å²) >= 11 is 1.07. The molecule has 0 fully saturated rings. The summed E-state index contributed by atoms with van der Waals surface area (Å²) in [6, 6.07) is 0. The minimum Gasteiger partial charge on any atom is -0.358 e. The standard InChI is InChI=1S/C2H5N.C2H3O2.CH3.Pb.W/c1-3-2;1-2(3)4;;;/h1H2,2H3;1H2,(H,3,4);1H3;;/q-2;2*-1;+1;. The molecule has 0 aromatic carbocycles. The van der Waals surface area contributed by atoms with Crippen LogP contribution >= 0.6 is 0 Å². The Morgan fingerprint density at radius 1 is 1.70 bits per heavy atom. The number of hydrogen-bond donors (Lipinski definition) is 1. The molecule has 3 radical (unpaired) electrons. The molecule has 0 rings (SSSR count). The van der Waals surface area contributed by atoms with Gasteiger partial charge in [0, 0.05) is 21.1 Å². The van der Waals surface area contributed by atoms with Gasteiger partial charge < -0.3 is 12.5 Å². The van der Waals surface area contributed by atoms with E-state index < -0.39 is 5.97 Å². The summed E-state index contributed by atoms with van der Waals surface area (Å²) in [6.07, 6.45) is 0. The molecule has 0 aliphatic carbocycles. The summed E-state index contributed by atoms with van der Waals surface area (Å²) in [4.78, 5) is 8.89. The molecule has 0 atom stereocenters. The second kappa shape index (κ2) is 16.5. The Bertz CT molecular complexity index is 63.9. The Labute approximate surface area is 93.5 Å². The van der Waals surface area contributed by atoms with Crippen LogP contribution in [0.5, 0.6) is 0 Å². The molecule has 0 aromatic heterocycles. The van der Waals surface area contributed by atoms with Crippen LogP contribution < -0.4 is 0 Å². The van der Waals surface area contributed by atoms with Crippen molar-refractivity contribution in [1.82, 2.24) is 2.71 Å². The number of carbonyl (C=O) groups is 1. The van der Waals surface area contributed by atoms with Crippen LogP contribution in [0.3, 0.4) is 0 Å². The Morgan fingerprint density at radius 2 is 1.70 bits per heavy atom. The fraction of sp³-hybridized carbons (Fsp3) is 0.200. The minimum absolute atomic E-state index is 0. The molecule has 5 heteroatoms. The maximum atomic E-state index is 8.89. The second-order valence-electron chi connectivity index (χ2n) is 1.09. The van der Waals surface area contributed by atoms with Crippen LogP contribution in [0.25, 0.3) is 0 Å². The van der Waals surface area contributed by atoms with Crippen molar-refractivity contribution in [2.45, 2.75) is 0 Å². The molecule has 0 spiro atoms. The molecule has 3 nitrogen and oxygen atoms in total. The maximum absolute atomic E-state index is 8.89. The predicted molar refractivity (Wildman–Crippen MR) is 38.3 cm³/mol. The molecule has 0 aliphatic rings. The zero-order valence-electron chi connectivity index (χ0n) is 6.13. The van der Waals surface area contributed by atoms with Crippen molar-refractivity contribution < 1.29 is 31.0 Å². The summed E-state index contributed by atoms with van der Waals surface area (Å²) in [7, 11) is 5.48. The third kappa shape index (κ3) is 673. The van der Waals surface area contributed by atoms with Gasteiger partial charge in [0.1, 0.15) is 0 Å². The van der Waals surface area contributed by atoms with E-state index in [1.54, 1.807) is 0 Å². The quantitative estimate of drug-likeness (QED) is 0.375. The van der Waals surface area contributed by atoms with Crippen molar-refractivity contribution in [1.29, 1.82) is 0 Å². The van der Waals surface area contributed by atoms with Crippen molar-refractivity contribution in [2.24, 2.45) is 0 Å². The van der Waals surface area contributed by atoms with E-state index in [2.05, 4.69) is 14.0 Å². The molecule has 0 bridgehead atoms. The zero-order valence-corrected chi connectivity index (χ0v) is 12.9. The molecule has 0 saturated heterocycles. The van der Waals surface area contributed by atoms with Crippen LogP contribution in [0.2, 0.25) is 0 Å². The van der Waals surface area contributed by atoms with E-state index in [0.29, 0.717) is 0 Å². The number of nitrogens with zero attached hydrogens (tertiary/aromatic N) is 1. The number of carboxylic acid groups (broad SMARTS) is 1. The largest absolute Gasteiger partial charge is 0.358 e. The third-order valence-corrected chi connectivity index (χ3v) is 0. The van der Waals surface area contributed by atoms with Crippen LogP contribution in [0, 0.1) is 21.4 Å². The van der Waals surface area contributed by atoms with Gasteiger partial charge in [-0.05, 0) is 0 Å². The van der Waals surface area contributed by atoms with Crippen LogP contribution in [-0.4, -0.2) is 46.9 Å². The smallest absolute Gasteiger partial charge is 0 e. The first kappa shape index (κ1) is 22.4. The molecular formula is C5H11NO2PbW-3. The van der Waals surface area contributed by atoms with Crippen LogP contribution in [0.15, 0.2) is 0 Å². The van der Waals surface area contributed by atoms with Gasteiger partial charge in [0.15, 0.2) is 5.97 Å². The third-order valence-electron chi connectivity index (χ3n) is 0. The van der Waals surface area contributed by atoms with Gasteiger partial charge in [-0.2, -0.15) is 0 Å². The van der Waals surface area contributed by atoms with E-state index in [1.165, 1.54) is 0 Å². The molecule has 0 amide bonds. The minimum atomic E-state index is -1.08. The molecule has 61 valence electrons. The summed E-state index contributed by atoms with van der Waals surface area (Å²) in [6.45, 7) is 2.56. The van der Waals surface area contributed by atoms with E-state index in [0.717, 1.165) is 26.1 Å². The molecule has 10 heavy (non-hydrogen) atoms. The number of hydrogen-bond acceptors (Lipinski definition) is 2. The van der Waals surface area contributed by atoms with Gasteiger partial charge in [-0.25, -0.2) is 0 Å². The number of carboxylic acids is 1. The summed E-state index contributed by atoms with van der Waals surface area (Å²) in [5.41, 5.74) is 0.